The molecular weight excluding hydrogens is 350 g/mol. The number of hydrogen-bond donors (Lipinski definition) is 2. The second kappa shape index (κ2) is 7.39. The van der Waals surface area contributed by atoms with Crippen LogP contribution in [-0.2, 0) is 16.4 Å². The molecule has 5 nitrogen and oxygen atoms in total. The predicted molar refractivity (Wildman–Crippen MR) is 101 cm³/mol. The summed E-state index contributed by atoms with van der Waals surface area (Å²) in [6.07, 6.45) is 1.71. The van der Waals surface area contributed by atoms with Crippen molar-refractivity contribution in [2.24, 2.45) is 0 Å². The summed E-state index contributed by atoms with van der Waals surface area (Å²) in [5.41, 5.74) is 1.37. The van der Waals surface area contributed by atoms with Gasteiger partial charge in [0.15, 0.2) is 0 Å². The molecule has 2 N–H and O–H groups in total. The summed E-state index contributed by atoms with van der Waals surface area (Å²) in [6.45, 7) is 3.92. The highest BCUT2D eigenvalue weighted by molar-refractivity contribution is 7.89. The standard InChI is InChI=1S/C20H25NO4S/c1-20(2)14-16-10-6-12-18(19(16)25-20)26(23,24)21-17(11-7-13-22)15-8-4-3-5-9-15/h3-6,8-10,12,17,21-22H,7,11,13-14H2,1-2H3. The normalized spacial score (nSPS) is 16.7. The predicted octanol–water partition coefficient (Wildman–Crippen LogP) is 3.19. The number of benzene rings is 2. The minimum atomic E-state index is -3.77. The largest absolute Gasteiger partial charge is 0.486 e. The van der Waals surface area contributed by atoms with E-state index >= 15 is 0 Å². The Bertz CT molecular complexity index is 863. The SMILES string of the molecule is CC1(C)Cc2cccc(S(=O)(=O)NC(CCCO)c3ccccc3)c2O1. The number of rotatable bonds is 7. The lowest BCUT2D eigenvalue weighted by Gasteiger charge is -2.21. The molecule has 0 radical (unpaired) electrons. The van der Waals surface area contributed by atoms with Crippen LogP contribution in [0.1, 0.15) is 43.9 Å². The van der Waals surface area contributed by atoms with E-state index in [0.717, 1.165) is 11.1 Å². The first kappa shape index (κ1) is 18.9. The maximum Gasteiger partial charge on any atom is 0.244 e. The van der Waals surface area contributed by atoms with Crippen molar-refractivity contribution in [2.75, 3.05) is 6.61 Å². The van der Waals surface area contributed by atoms with E-state index in [9.17, 15) is 8.42 Å². The lowest BCUT2D eigenvalue weighted by atomic mass is 10.0. The van der Waals surface area contributed by atoms with Crippen molar-refractivity contribution in [3.8, 4) is 5.75 Å². The van der Waals surface area contributed by atoms with Crippen LogP contribution < -0.4 is 9.46 Å². The molecule has 0 aliphatic carbocycles. The third-order valence-corrected chi connectivity index (χ3v) is 5.99. The number of ether oxygens (including phenoxy) is 1. The minimum absolute atomic E-state index is 0.0170. The zero-order valence-corrected chi connectivity index (χ0v) is 15.9. The molecule has 1 atom stereocenters. The van der Waals surface area contributed by atoms with Crippen LogP contribution in [0, 0.1) is 0 Å². The topological polar surface area (TPSA) is 75.6 Å². The van der Waals surface area contributed by atoms with Gasteiger partial charge < -0.3 is 9.84 Å². The van der Waals surface area contributed by atoms with Crippen LogP contribution in [0.4, 0.5) is 0 Å². The average molecular weight is 375 g/mol. The lowest BCUT2D eigenvalue weighted by molar-refractivity contribution is 0.135. The molecule has 0 bridgehead atoms. The van der Waals surface area contributed by atoms with Crippen molar-refractivity contribution >= 4 is 10.0 Å². The fourth-order valence-electron chi connectivity index (χ4n) is 3.32. The van der Waals surface area contributed by atoms with Gasteiger partial charge in [-0.15, -0.1) is 0 Å². The quantitative estimate of drug-likeness (QED) is 0.779. The Balaban J connectivity index is 1.92. The molecule has 1 heterocycles. The highest BCUT2D eigenvalue weighted by Gasteiger charge is 2.35. The Morgan fingerprint density at radius 2 is 1.88 bits per heavy atom. The molecule has 1 unspecified atom stereocenters. The van der Waals surface area contributed by atoms with E-state index < -0.39 is 21.7 Å². The Hall–Kier alpha value is -1.89. The van der Waals surface area contributed by atoms with Crippen LogP contribution in [0.3, 0.4) is 0 Å². The molecule has 0 fully saturated rings. The molecule has 1 aliphatic rings. The molecule has 6 heteroatoms. The van der Waals surface area contributed by atoms with Crippen molar-refractivity contribution in [1.29, 1.82) is 0 Å². The Kier molecular flexibility index (Phi) is 5.37. The first-order chi connectivity index (χ1) is 12.3. The number of para-hydroxylation sites is 1. The molecule has 0 saturated heterocycles. The van der Waals surface area contributed by atoms with E-state index in [1.54, 1.807) is 12.1 Å². The van der Waals surface area contributed by atoms with E-state index in [1.807, 2.05) is 50.2 Å². The van der Waals surface area contributed by atoms with E-state index in [2.05, 4.69) is 4.72 Å². The molecule has 2 aromatic rings. The molecular formula is C20H25NO4S. The van der Waals surface area contributed by atoms with Gasteiger partial charge in [0.05, 0.1) is 0 Å². The van der Waals surface area contributed by atoms with Crippen LogP contribution in [0.15, 0.2) is 53.4 Å². The summed E-state index contributed by atoms with van der Waals surface area (Å²) in [4.78, 5) is 0.172. The van der Waals surface area contributed by atoms with Crippen molar-refractivity contribution in [3.05, 3.63) is 59.7 Å². The minimum Gasteiger partial charge on any atom is -0.486 e. The molecule has 0 spiro atoms. The van der Waals surface area contributed by atoms with Crippen molar-refractivity contribution < 1.29 is 18.3 Å². The maximum atomic E-state index is 13.1. The van der Waals surface area contributed by atoms with Crippen LogP contribution in [0.5, 0.6) is 5.75 Å². The van der Waals surface area contributed by atoms with Crippen molar-refractivity contribution in [1.82, 2.24) is 4.72 Å². The van der Waals surface area contributed by atoms with Crippen molar-refractivity contribution in [2.45, 2.75) is 49.6 Å². The van der Waals surface area contributed by atoms with Crippen molar-refractivity contribution in [3.63, 3.8) is 0 Å². The van der Waals surface area contributed by atoms with Gasteiger partial charge in [0, 0.05) is 19.1 Å². The van der Waals surface area contributed by atoms with Gasteiger partial charge in [0.25, 0.3) is 0 Å². The summed E-state index contributed by atoms with van der Waals surface area (Å²) in [5.74, 6) is 0.443. The third kappa shape index (κ3) is 4.09. The number of aliphatic hydroxyl groups is 1. The molecule has 3 rings (SSSR count). The smallest absolute Gasteiger partial charge is 0.244 e. The average Bonchev–Trinajstić information content (AvgIpc) is 2.92. The number of nitrogens with one attached hydrogen (secondary N) is 1. The summed E-state index contributed by atoms with van der Waals surface area (Å²) in [7, 11) is -3.77. The van der Waals surface area contributed by atoms with Gasteiger partial charge >= 0.3 is 0 Å². The van der Waals surface area contributed by atoms with Crippen LogP contribution in [0.25, 0.3) is 0 Å². The number of fused-ring (bicyclic) bond motifs is 1. The highest BCUT2D eigenvalue weighted by atomic mass is 32.2. The highest BCUT2D eigenvalue weighted by Crippen LogP contribution is 2.40. The number of aliphatic hydroxyl groups excluding tert-OH is 1. The summed E-state index contributed by atoms with van der Waals surface area (Å²) in [6, 6.07) is 14.3. The lowest BCUT2D eigenvalue weighted by Crippen LogP contribution is -2.30. The zero-order chi connectivity index (χ0) is 18.8. The second-order valence-corrected chi connectivity index (χ2v) is 8.92. The monoisotopic (exact) mass is 375 g/mol. The fraction of sp³-hybridized carbons (Fsp3) is 0.400. The Morgan fingerprint density at radius 3 is 2.58 bits per heavy atom. The molecule has 2 aromatic carbocycles. The summed E-state index contributed by atoms with van der Waals surface area (Å²) >= 11 is 0. The molecule has 140 valence electrons. The van der Waals surface area contributed by atoms with Gasteiger partial charge in [-0.2, -0.15) is 0 Å². The van der Waals surface area contributed by atoms with E-state index in [0.29, 0.717) is 25.0 Å². The van der Waals surface area contributed by atoms with Crippen LogP contribution in [0.2, 0.25) is 0 Å². The second-order valence-electron chi connectivity index (χ2n) is 7.23. The Morgan fingerprint density at radius 1 is 1.15 bits per heavy atom. The van der Waals surface area contributed by atoms with Gasteiger partial charge in [0.2, 0.25) is 10.0 Å². The zero-order valence-electron chi connectivity index (χ0n) is 15.1. The first-order valence-corrected chi connectivity index (χ1v) is 10.3. The van der Waals surface area contributed by atoms with Gasteiger partial charge in [-0.25, -0.2) is 13.1 Å². The van der Waals surface area contributed by atoms with E-state index in [1.165, 1.54) is 0 Å². The Labute approximate surface area is 155 Å². The molecule has 0 saturated carbocycles. The first-order valence-electron chi connectivity index (χ1n) is 8.81. The maximum absolute atomic E-state index is 13.1. The molecule has 0 aromatic heterocycles. The molecule has 0 amide bonds. The number of sulfonamides is 1. The van der Waals surface area contributed by atoms with Gasteiger partial charge in [-0.3, -0.25) is 0 Å². The molecule has 26 heavy (non-hydrogen) atoms. The van der Waals surface area contributed by atoms with Gasteiger partial charge in [-0.05, 0) is 43.9 Å². The summed E-state index contributed by atoms with van der Waals surface area (Å²) in [5, 5.41) is 9.16. The van der Waals surface area contributed by atoms with Crippen LogP contribution in [-0.4, -0.2) is 25.7 Å². The molecule has 1 aliphatic heterocycles. The van der Waals surface area contributed by atoms with Crippen LogP contribution >= 0.6 is 0 Å². The third-order valence-electron chi connectivity index (χ3n) is 4.49. The summed E-state index contributed by atoms with van der Waals surface area (Å²) < 4.78 is 34.9. The van der Waals surface area contributed by atoms with E-state index in [-0.39, 0.29) is 11.5 Å². The number of hydrogen-bond acceptors (Lipinski definition) is 4. The van der Waals surface area contributed by atoms with Gasteiger partial charge in [-0.1, -0.05) is 42.5 Å². The van der Waals surface area contributed by atoms with Gasteiger partial charge in [0.1, 0.15) is 16.2 Å². The van der Waals surface area contributed by atoms with E-state index in [4.69, 9.17) is 9.84 Å². The fourth-order valence-corrected chi connectivity index (χ4v) is 4.75.